The zero-order chi connectivity index (χ0) is 31.5. The van der Waals surface area contributed by atoms with Gasteiger partial charge >= 0.3 is 11.6 Å². The fourth-order valence-corrected chi connectivity index (χ4v) is 4.48. The van der Waals surface area contributed by atoms with Crippen LogP contribution in [-0.4, -0.2) is 25.6 Å². The molecular weight excluding hydrogens is 560 g/mol. The zero-order valence-electron chi connectivity index (χ0n) is 24.9. The molecule has 1 atom stereocenters. The first kappa shape index (κ1) is 31.6. The number of carbonyl (C=O) groups excluding carboxylic acids is 2. The number of nitrogens with one attached hydrogen (secondary N) is 1. The molecule has 1 N–H and O–H groups in total. The third-order valence-corrected chi connectivity index (χ3v) is 6.90. The van der Waals surface area contributed by atoms with E-state index in [0.717, 1.165) is 31.2 Å². The van der Waals surface area contributed by atoms with Gasteiger partial charge in [0.05, 0.1) is 19.8 Å². The maximum atomic E-state index is 12.8. The zero-order valence-corrected chi connectivity index (χ0v) is 24.9. The molecule has 1 heterocycles. The van der Waals surface area contributed by atoms with E-state index in [4.69, 9.17) is 18.6 Å². The highest BCUT2D eigenvalue weighted by Gasteiger charge is 2.18. The molecule has 0 spiro atoms. The normalized spacial score (nSPS) is 11.8. The number of hydrogen-bond donors (Lipinski definition) is 1. The van der Waals surface area contributed by atoms with Crippen molar-refractivity contribution in [3.05, 3.63) is 105 Å². The largest absolute Gasteiger partial charge is 0.493 e. The van der Waals surface area contributed by atoms with Gasteiger partial charge in [0.25, 0.3) is 5.91 Å². The number of esters is 1. The van der Waals surface area contributed by atoms with E-state index in [1.54, 1.807) is 24.3 Å². The molecule has 1 unspecified atom stereocenters. The molecule has 0 radical (unpaired) electrons. The number of hydrogen-bond acceptors (Lipinski definition) is 8. The number of methoxy groups -OCH3 is 1. The number of nitrogens with zero attached hydrogens (tertiary/aromatic N) is 1. The predicted molar refractivity (Wildman–Crippen MR) is 167 cm³/mol. The van der Waals surface area contributed by atoms with Crippen LogP contribution in [0.5, 0.6) is 17.2 Å². The monoisotopic (exact) mass is 594 g/mol. The number of unbranched alkanes of at least 4 members (excludes halogenated alkanes) is 3. The number of nitriles is 1. The van der Waals surface area contributed by atoms with Gasteiger partial charge in [-0.2, -0.15) is 5.26 Å². The molecule has 3 aromatic carbocycles. The van der Waals surface area contributed by atoms with E-state index in [9.17, 15) is 19.6 Å². The predicted octanol–water partition coefficient (Wildman–Crippen LogP) is 6.76. The van der Waals surface area contributed by atoms with Crippen molar-refractivity contribution in [2.75, 3.05) is 13.7 Å². The van der Waals surface area contributed by atoms with Gasteiger partial charge < -0.3 is 23.9 Å². The van der Waals surface area contributed by atoms with E-state index < -0.39 is 17.5 Å². The van der Waals surface area contributed by atoms with Crippen LogP contribution < -0.4 is 25.2 Å². The summed E-state index contributed by atoms with van der Waals surface area (Å²) in [4.78, 5) is 38.3. The van der Waals surface area contributed by atoms with Gasteiger partial charge in [-0.05, 0) is 60.9 Å². The maximum Gasteiger partial charge on any atom is 0.354 e. The van der Waals surface area contributed by atoms with Crippen molar-refractivity contribution < 1.29 is 28.2 Å². The standard InChI is InChI=1S/C35H34N2O7/c1-4-5-6-10-17-42-30-16-13-24(19-32(30)41-3)18-27(22-36)34(39)43-28-15-14-26-20-29(35(40)44-31(26)21-28)33(38)37-23(2)25-11-8-7-9-12-25/h7-9,11-16,18-21,23H,4-6,10,17H2,1-3H3,(H,37,38)/b27-18+. The van der Waals surface area contributed by atoms with Crippen LogP contribution in [0.25, 0.3) is 17.0 Å². The van der Waals surface area contributed by atoms with Crippen LogP contribution in [0.15, 0.2) is 87.6 Å². The second-order valence-corrected chi connectivity index (χ2v) is 10.1. The van der Waals surface area contributed by atoms with E-state index in [2.05, 4.69) is 12.2 Å². The molecule has 44 heavy (non-hydrogen) atoms. The van der Waals surface area contributed by atoms with Crippen molar-refractivity contribution in [2.45, 2.75) is 45.6 Å². The summed E-state index contributed by atoms with van der Waals surface area (Å²) in [5.41, 5.74) is 0.320. The Morgan fingerprint density at radius 3 is 2.52 bits per heavy atom. The number of benzene rings is 3. The Balaban J connectivity index is 1.45. The van der Waals surface area contributed by atoms with Gasteiger partial charge in [-0.3, -0.25) is 4.79 Å². The van der Waals surface area contributed by atoms with Gasteiger partial charge in [-0.25, -0.2) is 9.59 Å². The second-order valence-electron chi connectivity index (χ2n) is 10.1. The van der Waals surface area contributed by atoms with Crippen molar-refractivity contribution >= 4 is 28.9 Å². The van der Waals surface area contributed by atoms with Crippen LogP contribution in [0.3, 0.4) is 0 Å². The molecule has 0 bridgehead atoms. The number of rotatable bonds is 13. The van der Waals surface area contributed by atoms with Gasteiger partial charge in [0.2, 0.25) is 0 Å². The Morgan fingerprint density at radius 1 is 1.00 bits per heavy atom. The Bertz CT molecular complexity index is 1750. The van der Waals surface area contributed by atoms with Crippen molar-refractivity contribution in [3.63, 3.8) is 0 Å². The number of amides is 1. The fraction of sp³-hybridized carbons (Fsp3) is 0.257. The smallest absolute Gasteiger partial charge is 0.354 e. The molecule has 0 aliphatic carbocycles. The SMILES string of the molecule is CCCCCCOc1ccc(/C=C(\C#N)C(=O)Oc2ccc3cc(C(=O)NC(C)c4ccccc4)c(=O)oc3c2)cc1OC. The lowest BCUT2D eigenvalue weighted by Crippen LogP contribution is -2.30. The summed E-state index contributed by atoms with van der Waals surface area (Å²) in [7, 11) is 1.52. The highest BCUT2D eigenvalue weighted by atomic mass is 16.5. The van der Waals surface area contributed by atoms with Crippen LogP contribution in [0, 0.1) is 11.3 Å². The van der Waals surface area contributed by atoms with Gasteiger partial charge in [0, 0.05) is 11.5 Å². The number of ether oxygens (including phenoxy) is 3. The van der Waals surface area contributed by atoms with E-state index in [1.165, 1.54) is 31.4 Å². The minimum absolute atomic E-state index is 0.0612. The Kier molecular flexibility index (Phi) is 10.9. The van der Waals surface area contributed by atoms with Crippen LogP contribution in [0.4, 0.5) is 0 Å². The summed E-state index contributed by atoms with van der Waals surface area (Å²) in [5, 5.41) is 12.9. The van der Waals surface area contributed by atoms with E-state index >= 15 is 0 Å². The highest BCUT2D eigenvalue weighted by molar-refractivity contribution is 6.00. The highest BCUT2D eigenvalue weighted by Crippen LogP contribution is 2.29. The lowest BCUT2D eigenvalue weighted by molar-refractivity contribution is -0.129. The average molecular weight is 595 g/mol. The first-order valence-electron chi connectivity index (χ1n) is 14.4. The summed E-state index contributed by atoms with van der Waals surface area (Å²) < 4.78 is 22.0. The van der Waals surface area contributed by atoms with Crippen LogP contribution >= 0.6 is 0 Å². The second kappa shape index (κ2) is 15.2. The first-order chi connectivity index (χ1) is 21.3. The first-order valence-corrected chi connectivity index (χ1v) is 14.4. The molecule has 0 aliphatic heterocycles. The quantitative estimate of drug-likeness (QED) is 0.0449. The van der Waals surface area contributed by atoms with E-state index in [-0.39, 0.29) is 28.5 Å². The van der Waals surface area contributed by atoms with Gasteiger partial charge in [0.1, 0.15) is 28.5 Å². The maximum absolute atomic E-state index is 12.8. The minimum Gasteiger partial charge on any atom is -0.493 e. The van der Waals surface area contributed by atoms with Crippen LogP contribution in [0.2, 0.25) is 0 Å². The van der Waals surface area contributed by atoms with Crippen molar-refractivity contribution in [2.24, 2.45) is 0 Å². The van der Waals surface area contributed by atoms with Crippen molar-refractivity contribution in [1.82, 2.24) is 5.32 Å². The molecule has 4 rings (SSSR count). The molecule has 1 amide bonds. The Morgan fingerprint density at radius 2 is 1.80 bits per heavy atom. The van der Waals surface area contributed by atoms with Gasteiger partial charge in [0.15, 0.2) is 11.5 Å². The summed E-state index contributed by atoms with van der Waals surface area (Å²) in [6.45, 7) is 4.53. The summed E-state index contributed by atoms with van der Waals surface area (Å²) >= 11 is 0. The summed E-state index contributed by atoms with van der Waals surface area (Å²) in [6, 6.07) is 21.8. The lowest BCUT2D eigenvalue weighted by atomic mass is 10.1. The average Bonchev–Trinajstić information content (AvgIpc) is 3.03. The van der Waals surface area contributed by atoms with Crippen LogP contribution in [0.1, 0.15) is 67.1 Å². The third-order valence-electron chi connectivity index (χ3n) is 6.90. The topological polar surface area (TPSA) is 128 Å². The number of fused-ring (bicyclic) bond motifs is 1. The fourth-order valence-electron chi connectivity index (χ4n) is 4.48. The van der Waals surface area contributed by atoms with Crippen LogP contribution in [-0.2, 0) is 4.79 Å². The number of carbonyl (C=O) groups is 2. The third kappa shape index (κ3) is 8.13. The molecule has 0 saturated carbocycles. The summed E-state index contributed by atoms with van der Waals surface area (Å²) in [5.74, 6) is -0.348. The van der Waals surface area contributed by atoms with E-state index in [0.29, 0.717) is 29.1 Å². The van der Waals surface area contributed by atoms with Crippen molar-refractivity contribution in [3.8, 4) is 23.3 Å². The molecule has 0 fully saturated rings. The molecule has 9 nitrogen and oxygen atoms in total. The molecule has 0 saturated heterocycles. The summed E-state index contributed by atoms with van der Waals surface area (Å²) in [6.07, 6.45) is 5.70. The molecule has 9 heteroatoms. The van der Waals surface area contributed by atoms with E-state index in [1.807, 2.05) is 43.3 Å². The Labute approximate surface area is 255 Å². The minimum atomic E-state index is -0.893. The molecule has 226 valence electrons. The molecule has 1 aromatic heterocycles. The molecule has 4 aromatic rings. The lowest BCUT2D eigenvalue weighted by Gasteiger charge is -2.14. The molecule has 0 aliphatic rings. The Hall–Kier alpha value is -5.36. The van der Waals surface area contributed by atoms with Crippen molar-refractivity contribution in [1.29, 1.82) is 5.26 Å². The van der Waals surface area contributed by atoms with Gasteiger partial charge in [-0.1, -0.05) is 62.6 Å². The van der Waals surface area contributed by atoms with Gasteiger partial charge in [-0.15, -0.1) is 0 Å². The molecular formula is C35H34N2O7.